The van der Waals surface area contributed by atoms with Crippen molar-refractivity contribution in [3.63, 3.8) is 0 Å². The molecular weight excluding hydrogens is 332 g/mol. The van der Waals surface area contributed by atoms with E-state index in [0.717, 1.165) is 67.9 Å². The number of hydrogen-bond donors (Lipinski definition) is 0. The van der Waals surface area contributed by atoms with Crippen molar-refractivity contribution in [2.75, 3.05) is 6.61 Å². The van der Waals surface area contributed by atoms with Gasteiger partial charge in [0, 0.05) is 17.0 Å². The summed E-state index contributed by atoms with van der Waals surface area (Å²) in [4.78, 5) is 24.2. The van der Waals surface area contributed by atoms with Gasteiger partial charge in [0.2, 0.25) is 0 Å². The highest BCUT2D eigenvalue weighted by Gasteiger charge is 2.20. The first-order valence-corrected chi connectivity index (χ1v) is 9.61. The number of hydrogen-bond acceptors (Lipinski definition) is 5. The molecule has 1 saturated carbocycles. The maximum Gasteiger partial charge on any atom is 0.344 e. The maximum absolute atomic E-state index is 12.2. The minimum atomic E-state index is -0.344. The first kappa shape index (κ1) is 17.1. The van der Waals surface area contributed by atoms with E-state index in [-0.39, 0.29) is 24.3 Å². The minimum absolute atomic E-state index is 0.0287. The molecule has 0 aliphatic heterocycles. The first-order valence-electron chi connectivity index (χ1n) is 9.61. The van der Waals surface area contributed by atoms with Crippen LogP contribution in [0, 0.1) is 0 Å². The zero-order chi connectivity index (χ0) is 17.9. The summed E-state index contributed by atoms with van der Waals surface area (Å²) >= 11 is 0. The van der Waals surface area contributed by atoms with Crippen molar-refractivity contribution < 1.29 is 18.7 Å². The van der Waals surface area contributed by atoms with Gasteiger partial charge in [0.05, 0.1) is 0 Å². The second-order valence-corrected chi connectivity index (χ2v) is 7.25. The Morgan fingerprint density at radius 3 is 2.62 bits per heavy atom. The van der Waals surface area contributed by atoms with Crippen molar-refractivity contribution in [3.05, 3.63) is 39.7 Å². The molecule has 0 spiro atoms. The van der Waals surface area contributed by atoms with Gasteiger partial charge in [0.1, 0.15) is 17.4 Å². The molecule has 0 unspecified atom stereocenters. The number of aryl methyl sites for hydroxylation is 1. The van der Waals surface area contributed by atoms with Crippen LogP contribution in [0.5, 0.6) is 5.75 Å². The Hall–Kier alpha value is -2.30. The molecule has 2 aliphatic rings. The predicted octanol–water partition coefficient (Wildman–Crippen LogP) is 3.93. The number of esters is 1. The lowest BCUT2D eigenvalue weighted by Gasteiger charge is -2.21. The minimum Gasteiger partial charge on any atom is -0.482 e. The Morgan fingerprint density at radius 2 is 1.81 bits per heavy atom. The summed E-state index contributed by atoms with van der Waals surface area (Å²) in [6.07, 6.45) is 9.20. The largest absolute Gasteiger partial charge is 0.482 e. The number of rotatable bonds is 4. The number of carbonyl (C=O) groups is 1. The molecule has 0 N–H and O–H groups in total. The number of benzene rings is 1. The summed E-state index contributed by atoms with van der Waals surface area (Å²) in [5, 5.41) is 0.969. The number of ether oxygens (including phenoxy) is 2. The van der Waals surface area contributed by atoms with E-state index in [2.05, 4.69) is 0 Å². The summed E-state index contributed by atoms with van der Waals surface area (Å²) in [5.41, 5.74) is 2.19. The molecule has 0 amide bonds. The molecule has 1 heterocycles. The molecule has 0 bridgehead atoms. The summed E-state index contributed by atoms with van der Waals surface area (Å²) in [5.74, 6) is 0.167. The van der Waals surface area contributed by atoms with Crippen molar-refractivity contribution in [1.29, 1.82) is 0 Å². The highest BCUT2D eigenvalue weighted by atomic mass is 16.6. The van der Waals surface area contributed by atoms with Gasteiger partial charge < -0.3 is 13.9 Å². The topological polar surface area (TPSA) is 65.7 Å². The first-order chi connectivity index (χ1) is 12.7. The lowest BCUT2D eigenvalue weighted by Crippen LogP contribution is -2.24. The van der Waals surface area contributed by atoms with E-state index in [0.29, 0.717) is 11.3 Å². The summed E-state index contributed by atoms with van der Waals surface area (Å²) in [6.45, 7) is -0.128. The van der Waals surface area contributed by atoms with E-state index >= 15 is 0 Å². The Labute approximate surface area is 152 Å². The van der Waals surface area contributed by atoms with Crippen LogP contribution in [0.2, 0.25) is 0 Å². The molecule has 1 aromatic heterocycles. The van der Waals surface area contributed by atoms with Crippen LogP contribution in [0.3, 0.4) is 0 Å². The number of carbonyl (C=O) groups excluding carboxylic acids is 1. The summed E-state index contributed by atoms with van der Waals surface area (Å²) in [6, 6.07) is 5.44. The zero-order valence-corrected chi connectivity index (χ0v) is 14.9. The van der Waals surface area contributed by atoms with Gasteiger partial charge in [-0.05, 0) is 69.1 Å². The fraction of sp³-hybridized carbons (Fsp3) is 0.524. The Morgan fingerprint density at radius 1 is 1.04 bits per heavy atom. The molecule has 26 heavy (non-hydrogen) atoms. The third-order valence-corrected chi connectivity index (χ3v) is 5.40. The molecule has 1 aromatic carbocycles. The van der Waals surface area contributed by atoms with Crippen molar-refractivity contribution in [2.45, 2.75) is 63.9 Å². The van der Waals surface area contributed by atoms with Crippen LogP contribution in [0.1, 0.15) is 56.1 Å². The second-order valence-electron chi connectivity index (χ2n) is 7.25. The molecular formula is C21H24O5. The van der Waals surface area contributed by atoms with E-state index in [1.165, 1.54) is 6.42 Å². The van der Waals surface area contributed by atoms with Gasteiger partial charge in [-0.15, -0.1) is 0 Å². The normalized spacial score (nSPS) is 17.7. The Kier molecular flexibility index (Phi) is 4.96. The molecule has 5 nitrogen and oxygen atoms in total. The fourth-order valence-corrected chi connectivity index (χ4v) is 4.06. The van der Waals surface area contributed by atoms with Gasteiger partial charge in [-0.25, -0.2) is 9.59 Å². The number of fused-ring (bicyclic) bond motifs is 3. The maximum atomic E-state index is 12.2. The van der Waals surface area contributed by atoms with Crippen molar-refractivity contribution in [2.24, 2.45) is 0 Å². The van der Waals surface area contributed by atoms with E-state index in [1.807, 2.05) is 12.1 Å². The lowest BCUT2D eigenvalue weighted by molar-refractivity contribution is -0.152. The molecule has 0 saturated heterocycles. The molecule has 0 radical (unpaired) electrons. The predicted molar refractivity (Wildman–Crippen MR) is 97.6 cm³/mol. The van der Waals surface area contributed by atoms with Gasteiger partial charge in [-0.1, -0.05) is 6.42 Å². The van der Waals surface area contributed by atoms with Gasteiger partial charge in [0.15, 0.2) is 6.61 Å². The third kappa shape index (κ3) is 3.62. The van der Waals surface area contributed by atoms with Crippen LogP contribution in [0.15, 0.2) is 27.4 Å². The van der Waals surface area contributed by atoms with Gasteiger partial charge in [-0.3, -0.25) is 0 Å². The van der Waals surface area contributed by atoms with E-state index < -0.39 is 0 Å². The highest BCUT2D eigenvalue weighted by molar-refractivity contribution is 5.83. The molecule has 4 rings (SSSR count). The van der Waals surface area contributed by atoms with Crippen LogP contribution < -0.4 is 10.4 Å². The standard InChI is InChI=1S/C21H24O5/c22-20(25-14-6-2-1-3-7-14)13-24-15-10-11-17-16-8-4-5-9-18(16)21(23)26-19(17)12-15/h10-12,14H,1-9,13H2. The Bertz CT molecular complexity index is 861. The quantitative estimate of drug-likeness (QED) is 0.613. The molecule has 2 aliphatic carbocycles. The second kappa shape index (κ2) is 7.52. The van der Waals surface area contributed by atoms with Crippen LogP contribution in [0.25, 0.3) is 11.0 Å². The van der Waals surface area contributed by atoms with Crippen LogP contribution in [-0.4, -0.2) is 18.7 Å². The van der Waals surface area contributed by atoms with E-state index in [4.69, 9.17) is 13.9 Å². The van der Waals surface area contributed by atoms with Crippen molar-refractivity contribution in [3.8, 4) is 5.75 Å². The monoisotopic (exact) mass is 356 g/mol. The zero-order valence-electron chi connectivity index (χ0n) is 14.9. The van der Waals surface area contributed by atoms with Crippen molar-refractivity contribution >= 4 is 16.9 Å². The molecule has 0 atom stereocenters. The molecule has 2 aromatic rings. The molecule has 5 heteroatoms. The Balaban J connectivity index is 1.45. The molecule has 1 fully saturated rings. The summed E-state index contributed by atoms with van der Waals surface area (Å²) in [7, 11) is 0. The van der Waals surface area contributed by atoms with Crippen LogP contribution in [-0.2, 0) is 22.4 Å². The summed E-state index contributed by atoms with van der Waals surface area (Å²) < 4.78 is 16.5. The third-order valence-electron chi connectivity index (χ3n) is 5.40. The average molecular weight is 356 g/mol. The smallest absolute Gasteiger partial charge is 0.344 e. The van der Waals surface area contributed by atoms with Crippen LogP contribution >= 0.6 is 0 Å². The van der Waals surface area contributed by atoms with Gasteiger partial charge >= 0.3 is 11.6 Å². The van der Waals surface area contributed by atoms with Gasteiger partial charge in [0.25, 0.3) is 0 Å². The van der Waals surface area contributed by atoms with Crippen LogP contribution in [0.4, 0.5) is 0 Å². The average Bonchev–Trinajstić information content (AvgIpc) is 2.67. The SMILES string of the molecule is O=C(COc1ccc2c3c(c(=O)oc2c1)CCCC3)OC1CCCCC1. The van der Waals surface area contributed by atoms with E-state index in [9.17, 15) is 9.59 Å². The lowest BCUT2D eigenvalue weighted by atomic mass is 9.91. The van der Waals surface area contributed by atoms with Gasteiger partial charge in [-0.2, -0.15) is 0 Å². The van der Waals surface area contributed by atoms with E-state index in [1.54, 1.807) is 6.07 Å². The highest BCUT2D eigenvalue weighted by Crippen LogP contribution is 2.29. The molecule has 138 valence electrons. The van der Waals surface area contributed by atoms with Crippen molar-refractivity contribution in [1.82, 2.24) is 0 Å². The fourth-order valence-electron chi connectivity index (χ4n) is 4.06.